The SMILES string of the molecule is COc1ccc(Br)cc1S(=O)(=O)Nc1cc(Cl)cc(C(=O)NCCN)c1O. The number of phenolic OH excluding ortho intramolecular Hbond substituents is 1. The Morgan fingerprint density at radius 2 is 2.04 bits per heavy atom. The number of phenols is 1. The smallest absolute Gasteiger partial charge is 0.265 e. The normalized spacial score (nSPS) is 11.1. The van der Waals surface area contributed by atoms with Crippen molar-refractivity contribution in [2.45, 2.75) is 4.90 Å². The van der Waals surface area contributed by atoms with Gasteiger partial charge < -0.3 is 20.9 Å². The number of sulfonamides is 1. The van der Waals surface area contributed by atoms with Crippen molar-refractivity contribution in [3.05, 3.63) is 45.4 Å². The molecule has 1 amide bonds. The van der Waals surface area contributed by atoms with Crippen LogP contribution in [0.15, 0.2) is 39.7 Å². The monoisotopic (exact) mass is 477 g/mol. The van der Waals surface area contributed by atoms with Gasteiger partial charge in [0.1, 0.15) is 10.6 Å². The number of carbonyl (C=O) groups excluding carboxylic acids is 1. The van der Waals surface area contributed by atoms with Gasteiger partial charge in [0.2, 0.25) is 0 Å². The van der Waals surface area contributed by atoms with Crippen molar-refractivity contribution in [2.24, 2.45) is 5.73 Å². The van der Waals surface area contributed by atoms with Crippen LogP contribution in [0.4, 0.5) is 5.69 Å². The zero-order valence-corrected chi connectivity index (χ0v) is 17.3. The molecule has 27 heavy (non-hydrogen) atoms. The summed E-state index contributed by atoms with van der Waals surface area (Å²) in [4.78, 5) is 12.0. The first-order valence-corrected chi connectivity index (χ1v) is 10.2. The number of nitrogens with two attached hydrogens (primary N) is 1. The fraction of sp³-hybridized carbons (Fsp3) is 0.188. The van der Waals surface area contributed by atoms with E-state index in [2.05, 4.69) is 26.0 Å². The highest BCUT2D eigenvalue weighted by Crippen LogP contribution is 2.35. The van der Waals surface area contributed by atoms with Crippen molar-refractivity contribution >= 4 is 49.1 Å². The average molecular weight is 479 g/mol. The van der Waals surface area contributed by atoms with Crippen molar-refractivity contribution in [1.29, 1.82) is 0 Å². The Morgan fingerprint density at radius 3 is 2.67 bits per heavy atom. The topological polar surface area (TPSA) is 131 Å². The van der Waals surface area contributed by atoms with Crippen LogP contribution in [0, 0.1) is 0 Å². The Balaban J connectivity index is 2.46. The Labute approximate surface area is 169 Å². The molecule has 8 nitrogen and oxygen atoms in total. The Bertz CT molecular complexity index is 969. The number of hydrogen-bond donors (Lipinski definition) is 4. The highest BCUT2D eigenvalue weighted by atomic mass is 79.9. The molecule has 146 valence electrons. The highest BCUT2D eigenvalue weighted by Gasteiger charge is 2.24. The summed E-state index contributed by atoms with van der Waals surface area (Å²) in [6.07, 6.45) is 0. The minimum absolute atomic E-state index is 0.0598. The second-order valence-corrected chi connectivity index (χ2v) is 8.30. The lowest BCUT2D eigenvalue weighted by atomic mass is 10.1. The fourth-order valence-corrected chi connectivity index (χ4v) is 4.18. The van der Waals surface area contributed by atoms with Crippen LogP contribution in [0.25, 0.3) is 0 Å². The number of carbonyl (C=O) groups is 1. The summed E-state index contributed by atoms with van der Waals surface area (Å²) in [6, 6.07) is 6.85. The van der Waals surface area contributed by atoms with Crippen LogP contribution in [-0.2, 0) is 10.0 Å². The van der Waals surface area contributed by atoms with Crippen LogP contribution in [-0.4, -0.2) is 39.6 Å². The van der Waals surface area contributed by atoms with E-state index in [0.717, 1.165) is 0 Å². The van der Waals surface area contributed by atoms with Crippen LogP contribution in [0.3, 0.4) is 0 Å². The third kappa shape index (κ3) is 5.04. The summed E-state index contributed by atoms with van der Waals surface area (Å²) in [7, 11) is -2.82. The van der Waals surface area contributed by atoms with Gasteiger partial charge in [0.15, 0.2) is 5.75 Å². The number of halogens is 2. The summed E-state index contributed by atoms with van der Waals surface area (Å²) in [5, 5.41) is 12.9. The molecule has 0 atom stereocenters. The molecule has 0 saturated heterocycles. The predicted octanol–water partition coefficient (Wildman–Crippen LogP) is 2.31. The molecule has 0 bridgehead atoms. The molecule has 0 unspecified atom stereocenters. The van der Waals surface area contributed by atoms with Gasteiger partial charge in [-0.25, -0.2) is 8.42 Å². The van der Waals surface area contributed by atoms with Gasteiger partial charge >= 0.3 is 0 Å². The van der Waals surface area contributed by atoms with Gasteiger partial charge in [0, 0.05) is 22.6 Å². The first-order valence-electron chi connectivity index (χ1n) is 7.56. The first-order chi connectivity index (χ1) is 12.7. The number of nitrogens with one attached hydrogen (secondary N) is 2. The molecule has 0 radical (unpaired) electrons. The molecule has 11 heteroatoms. The van der Waals surface area contributed by atoms with Gasteiger partial charge in [-0.3, -0.25) is 9.52 Å². The number of methoxy groups -OCH3 is 1. The van der Waals surface area contributed by atoms with Gasteiger partial charge in [-0.05, 0) is 30.3 Å². The molecule has 0 spiro atoms. The number of benzene rings is 2. The van der Waals surface area contributed by atoms with Gasteiger partial charge in [-0.1, -0.05) is 27.5 Å². The van der Waals surface area contributed by atoms with Gasteiger partial charge in [-0.2, -0.15) is 0 Å². The second kappa shape index (κ2) is 8.79. The lowest BCUT2D eigenvalue weighted by Crippen LogP contribution is -2.29. The Hall–Kier alpha value is -2.01. The maximum Gasteiger partial charge on any atom is 0.265 e. The van der Waals surface area contributed by atoms with Gasteiger partial charge in [0.25, 0.3) is 15.9 Å². The van der Waals surface area contributed by atoms with Crippen molar-refractivity contribution in [2.75, 3.05) is 24.9 Å². The lowest BCUT2D eigenvalue weighted by Gasteiger charge is -2.15. The van der Waals surface area contributed by atoms with E-state index in [9.17, 15) is 18.3 Å². The summed E-state index contributed by atoms with van der Waals surface area (Å²) in [6.45, 7) is 0.385. The second-order valence-electron chi connectivity index (χ2n) is 5.29. The van der Waals surface area contributed by atoms with E-state index in [1.165, 1.54) is 31.4 Å². The number of ether oxygens (including phenoxy) is 1. The number of hydrogen-bond acceptors (Lipinski definition) is 6. The van der Waals surface area contributed by atoms with E-state index in [1.54, 1.807) is 6.07 Å². The number of anilines is 1. The summed E-state index contributed by atoms with van der Waals surface area (Å²) < 4.78 is 33.4. The molecule has 0 aliphatic heterocycles. The van der Waals surface area contributed by atoms with E-state index in [-0.39, 0.29) is 40.0 Å². The lowest BCUT2D eigenvalue weighted by molar-refractivity contribution is 0.0952. The molecule has 2 aromatic rings. The molecule has 2 aromatic carbocycles. The average Bonchev–Trinajstić information content (AvgIpc) is 2.62. The van der Waals surface area contributed by atoms with Crippen molar-refractivity contribution in [1.82, 2.24) is 5.32 Å². The molecule has 5 N–H and O–H groups in total. The highest BCUT2D eigenvalue weighted by molar-refractivity contribution is 9.10. The molecular formula is C16H17BrClN3O5S. The fourth-order valence-electron chi connectivity index (χ4n) is 2.19. The van der Waals surface area contributed by atoms with Crippen LogP contribution >= 0.6 is 27.5 Å². The van der Waals surface area contributed by atoms with Crippen LogP contribution < -0.4 is 20.5 Å². The van der Waals surface area contributed by atoms with E-state index < -0.39 is 21.7 Å². The maximum atomic E-state index is 12.8. The predicted molar refractivity (Wildman–Crippen MR) is 106 cm³/mol. The number of amides is 1. The number of aromatic hydroxyl groups is 1. The molecule has 0 heterocycles. The van der Waals surface area contributed by atoms with Crippen molar-refractivity contribution in [3.8, 4) is 11.5 Å². The summed E-state index contributed by atoms with van der Waals surface area (Å²) in [5.41, 5.74) is 4.90. The Morgan fingerprint density at radius 1 is 1.33 bits per heavy atom. The van der Waals surface area contributed by atoms with Crippen LogP contribution in [0.2, 0.25) is 5.02 Å². The van der Waals surface area contributed by atoms with Crippen LogP contribution in [0.5, 0.6) is 11.5 Å². The summed E-state index contributed by atoms with van der Waals surface area (Å²) in [5.74, 6) is -1.10. The largest absolute Gasteiger partial charge is 0.505 e. The summed E-state index contributed by atoms with van der Waals surface area (Å²) >= 11 is 9.18. The third-order valence-corrected chi connectivity index (χ3v) is 5.51. The molecule has 0 saturated carbocycles. The maximum absolute atomic E-state index is 12.8. The minimum Gasteiger partial charge on any atom is -0.505 e. The minimum atomic E-state index is -4.15. The third-order valence-electron chi connectivity index (χ3n) is 3.41. The number of rotatable bonds is 7. The van der Waals surface area contributed by atoms with Crippen molar-refractivity contribution in [3.63, 3.8) is 0 Å². The van der Waals surface area contributed by atoms with Crippen molar-refractivity contribution < 1.29 is 23.1 Å². The van der Waals surface area contributed by atoms with Gasteiger partial charge in [0.05, 0.1) is 18.4 Å². The van der Waals surface area contributed by atoms with E-state index in [0.29, 0.717) is 4.47 Å². The molecule has 0 aliphatic rings. The van der Waals surface area contributed by atoms with Gasteiger partial charge in [-0.15, -0.1) is 0 Å². The zero-order chi connectivity index (χ0) is 20.2. The van der Waals surface area contributed by atoms with E-state index in [4.69, 9.17) is 22.1 Å². The zero-order valence-electron chi connectivity index (χ0n) is 14.1. The molecule has 2 rings (SSSR count). The quantitative estimate of drug-likeness (QED) is 0.452. The van der Waals surface area contributed by atoms with E-state index >= 15 is 0 Å². The van der Waals surface area contributed by atoms with E-state index in [1.807, 2.05) is 0 Å². The Kier molecular flexibility index (Phi) is 6.93. The van der Waals surface area contributed by atoms with Crippen LogP contribution in [0.1, 0.15) is 10.4 Å². The molecule has 0 aromatic heterocycles. The molecule has 0 aliphatic carbocycles. The first kappa shape index (κ1) is 21.3. The molecule has 0 fully saturated rings. The standard InChI is InChI=1S/C16H17BrClN3O5S/c1-26-13-3-2-9(17)6-14(13)27(24,25)21-12-8-10(18)7-11(15(12)22)16(23)20-5-4-19/h2-3,6-8,21-22H,4-5,19H2,1H3,(H,20,23). The molecular weight excluding hydrogens is 462 g/mol.